The predicted octanol–water partition coefficient (Wildman–Crippen LogP) is 1.62. The number of hydrogen-bond acceptors (Lipinski definition) is 2. The zero-order chi connectivity index (χ0) is 9.68. The minimum atomic E-state index is 0.758. The van der Waals surface area contributed by atoms with E-state index in [0.717, 1.165) is 24.4 Å². The van der Waals surface area contributed by atoms with Crippen molar-refractivity contribution in [1.29, 1.82) is 0 Å². The van der Waals surface area contributed by atoms with Gasteiger partial charge in [0.25, 0.3) is 0 Å². The van der Waals surface area contributed by atoms with Gasteiger partial charge in [0, 0.05) is 6.04 Å². The average Bonchev–Trinajstić information content (AvgIpc) is 2.08. The maximum absolute atomic E-state index is 3.60. The standard InChI is InChI=1S/C11H24N2/c1-4-13-11-5-6-12-8-10(11)7-9(2)3/h9-13H,4-8H2,1-3H3. The topological polar surface area (TPSA) is 24.1 Å². The molecule has 0 aromatic carbocycles. The minimum absolute atomic E-state index is 0.758. The van der Waals surface area contributed by atoms with Crippen LogP contribution in [0.15, 0.2) is 0 Å². The van der Waals surface area contributed by atoms with Crippen molar-refractivity contribution in [3.05, 3.63) is 0 Å². The number of rotatable bonds is 4. The number of piperidine rings is 1. The van der Waals surface area contributed by atoms with Gasteiger partial charge < -0.3 is 10.6 Å². The van der Waals surface area contributed by atoms with E-state index >= 15 is 0 Å². The van der Waals surface area contributed by atoms with Gasteiger partial charge >= 0.3 is 0 Å². The van der Waals surface area contributed by atoms with Gasteiger partial charge in [-0.05, 0) is 44.3 Å². The van der Waals surface area contributed by atoms with E-state index in [2.05, 4.69) is 31.4 Å². The summed E-state index contributed by atoms with van der Waals surface area (Å²) in [5.74, 6) is 1.67. The molecule has 0 aromatic rings. The summed E-state index contributed by atoms with van der Waals surface area (Å²) in [6, 6.07) is 0.758. The van der Waals surface area contributed by atoms with Crippen molar-refractivity contribution in [3.8, 4) is 0 Å². The molecule has 78 valence electrons. The largest absolute Gasteiger partial charge is 0.316 e. The Kier molecular flexibility index (Phi) is 4.74. The number of hydrogen-bond donors (Lipinski definition) is 2. The van der Waals surface area contributed by atoms with E-state index in [0.29, 0.717) is 0 Å². The molecule has 1 rings (SSSR count). The van der Waals surface area contributed by atoms with Gasteiger partial charge in [-0.1, -0.05) is 20.8 Å². The van der Waals surface area contributed by atoms with Crippen LogP contribution in [0.25, 0.3) is 0 Å². The Morgan fingerprint density at radius 1 is 1.46 bits per heavy atom. The molecule has 0 spiro atoms. The second kappa shape index (κ2) is 5.61. The Balaban J connectivity index is 2.36. The molecule has 1 aliphatic rings. The molecule has 1 heterocycles. The average molecular weight is 184 g/mol. The van der Waals surface area contributed by atoms with Crippen LogP contribution < -0.4 is 10.6 Å². The first-order valence-electron chi connectivity index (χ1n) is 5.68. The van der Waals surface area contributed by atoms with Gasteiger partial charge in [0.2, 0.25) is 0 Å². The van der Waals surface area contributed by atoms with E-state index in [-0.39, 0.29) is 0 Å². The first-order chi connectivity index (χ1) is 6.24. The molecule has 13 heavy (non-hydrogen) atoms. The van der Waals surface area contributed by atoms with Gasteiger partial charge in [-0.3, -0.25) is 0 Å². The Morgan fingerprint density at radius 2 is 2.23 bits per heavy atom. The van der Waals surface area contributed by atoms with Crippen molar-refractivity contribution in [3.63, 3.8) is 0 Å². The Labute approximate surface area is 82.5 Å². The van der Waals surface area contributed by atoms with Crippen molar-refractivity contribution in [1.82, 2.24) is 10.6 Å². The van der Waals surface area contributed by atoms with Crippen LogP contribution in [0.3, 0.4) is 0 Å². The van der Waals surface area contributed by atoms with E-state index in [1.165, 1.54) is 25.9 Å². The summed E-state index contributed by atoms with van der Waals surface area (Å²) >= 11 is 0. The third-order valence-corrected chi connectivity index (χ3v) is 2.85. The molecular weight excluding hydrogens is 160 g/mol. The molecule has 2 nitrogen and oxygen atoms in total. The maximum atomic E-state index is 3.60. The lowest BCUT2D eigenvalue weighted by molar-refractivity contribution is 0.246. The molecule has 0 bridgehead atoms. The van der Waals surface area contributed by atoms with Crippen molar-refractivity contribution >= 4 is 0 Å². The molecule has 0 radical (unpaired) electrons. The van der Waals surface area contributed by atoms with Crippen LogP contribution in [-0.2, 0) is 0 Å². The van der Waals surface area contributed by atoms with Gasteiger partial charge in [0.15, 0.2) is 0 Å². The second-order valence-electron chi connectivity index (χ2n) is 4.55. The first kappa shape index (κ1) is 11.0. The highest BCUT2D eigenvalue weighted by Gasteiger charge is 2.24. The van der Waals surface area contributed by atoms with Gasteiger partial charge in [-0.25, -0.2) is 0 Å². The third kappa shape index (κ3) is 3.65. The van der Waals surface area contributed by atoms with Crippen molar-refractivity contribution in [2.45, 2.75) is 39.7 Å². The highest BCUT2D eigenvalue weighted by molar-refractivity contribution is 4.83. The molecule has 2 heteroatoms. The molecule has 2 N–H and O–H groups in total. The molecule has 0 saturated carbocycles. The molecule has 1 fully saturated rings. The summed E-state index contributed by atoms with van der Waals surface area (Å²) in [7, 11) is 0. The van der Waals surface area contributed by atoms with Crippen molar-refractivity contribution < 1.29 is 0 Å². The molecular formula is C11H24N2. The Hall–Kier alpha value is -0.0800. The summed E-state index contributed by atoms with van der Waals surface area (Å²) in [4.78, 5) is 0. The molecule has 0 amide bonds. The van der Waals surface area contributed by atoms with E-state index < -0.39 is 0 Å². The van der Waals surface area contributed by atoms with Gasteiger partial charge in [0.1, 0.15) is 0 Å². The second-order valence-corrected chi connectivity index (χ2v) is 4.55. The van der Waals surface area contributed by atoms with Crippen LogP contribution >= 0.6 is 0 Å². The summed E-state index contributed by atoms with van der Waals surface area (Å²) in [6.07, 6.45) is 2.65. The zero-order valence-corrected chi connectivity index (χ0v) is 9.27. The van der Waals surface area contributed by atoms with Crippen LogP contribution in [0, 0.1) is 11.8 Å². The molecule has 0 aliphatic carbocycles. The van der Waals surface area contributed by atoms with E-state index in [1.54, 1.807) is 0 Å². The van der Waals surface area contributed by atoms with Crippen LogP contribution in [-0.4, -0.2) is 25.7 Å². The van der Waals surface area contributed by atoms with Crippen molar-refractivity contribution in [2.24, 2.45) is 11.8 Å². The normalized spacial score (nSPS) is 29.5. The van der Waals surface area contributed by atoms with Gasteiger partial charge in [-0.2, -0.15) is 0 Å². The summed E-state index contributed by atoms with van der Waals surface area (Å²) < 4.78 is 0. The first-order valence-corrected chi connectivity index (χ1v) is 5.68. The minimum Gasteiger partial charge on any atom is -0.316 e. The SMILES string of the molecule is CCNC1CCNCC1CC(C)C. The smallest absolute Gasteiger partial charge is 0.0119 e. The molecule has 1 aliphatic heterocycles. The Morgan fingerprint density at radius 3 is 2.85 bits per heavy atom. The molecule has 2 unspecified atom stereocenters. The lowest BCUT2D eigenvalue weighted by atomic mass is 9.86. The van der Waals surface area contributed by atoms with Crippen molar-refractivity contribution in [2.75, 3.05) is 19.6 Å². The summed E-state index contributed by atoms with van der Waals surface area (Å²) in [6.45, 7) is 10.3. The predicted molar refractivity (Wildman–Crippen MR) is 57.9 cm³/mol. The third-order valence-electron chi connectivity index (χ3n) is 2.85. The molecule has 0 aromatic heterocycles. The number of nitrogens with one attached hydrogen (secondary N) is 2. The highest BCUT2D eigenvalue weighted by Crippen LogP contribution is 2.19. The van der Waals surface area contributed by atoms with Crippen LogP contribution in [0.5, 0.6) is 0 Å². The zero-order valence-electron chi connectivity index (χ0n) is 9.27. The van der Waals surface area contributed by atoms with Crippen LogP contribution in [0.4, 0.5) is 0 Å². The fourth-order valence-electron chi connectivity index (χ4n) is 2.31. The van der Waals surface area contributed by atoms with E-state index in [4.69, 9.17) is 0 Å². The van der Waals surface area contributed by atoms with Gasteiger partial charge in [0.05, 0.1) is 0 Å². The lowest BCUT2D eigenvalue weighted by Crippen LogP contribution is -2.47. The fourth-order valence-corrected chi connectivity index (χ4v) is 2.31. The molecule has 2 atom stereocenters. The maximum Gasteiger partial charge on any atom is 0.0119 e. The highest BCUT2D eigenvalue weighted by atomic mass is 15.0. The quantitative estimate of drug-likeness (QED) is 0.694. The van der Waals surface area contributed by atoms with Gasteiger partial charge in [-0.15, -0.1) is 0 Å². The lowest BCUT2D eigenvalue weighted by Gasteiger charge is -2.33. The van der Waals surface area contributed by atoms with E-state index in [1.807, 2.05) is 0 Å². The van der Waals surface area contributed by atoms with Crippen LogP contribution in [0.1, 0.15) is 33.6 Å². The monoisotopic (exact) mass is 184 g/mol. The summed E-state index contributed by atoms with van der Waals surface area (Å²) in [5, 5.41) is 7.09. The molecule has 1 saturated heterocycles. The van der Waals surface area contributed by atoms with Crippen LogP contribution in [0.2, 0.25) is 0 Å². The summed E-state index contributed by atoms with van der Waals surface area (Å²) in [5.41, 5.74) is 0. The fraction of sp³-hybridized carbons (Fsp3) is 1.00. The van der Waals surface area contributed by atoms with E-state index in [9.17, 15) is 0 Å². The Bertz CT molecular complexity index is 132.